The SMILES string of the molecule is CC(C)N1CNc2c(c(=O)[nH]c(=S)n2Cc2cccnc2)C1. The number of fused-ring (bicyclic) bond motifs is 1. The van der Waals surface area contributed by atoms with Crippen molar-refractivity contribution in [3.63, 3.8) is 0 Å². The third-order valence-corrected chi connectivity index (χ3v) is 4.22. The van der Waals surface area contributed by atoms with Crippen LogP contribution in [0.5, 0.6) is 0 Å². The molecule has 0 saturated heterocycles. The van der Waals surface area contributed by atoms with E-state index in [0.717, 1.165) is 16.9 Å². The van der Waals surface area contributed by atoms with Gasteiger partial charge in [-0.3, -0.25) is 19.7 Å². The normalized spacial score (nSPS) is 14.7. The van der Waals surface area contributed by atoms with Crippen LogP contribution in [0.25, 0.3) is 0 Å². The van der Waals surface area contributed by atoms with E-state index in [9.17, 15) is 4.79 Å². The van der Waals surface area contributed by atoms with Crippen molar-refractivity contribution in [1.82, 2.24) is 19.4 Å². The number of pyridine rings is 1. The zero-order valence-electron chi connectivity index (χ0n) is 12.7. The minimum atomic E-state index is -0.111. The molecule has 2 aromatic heterocycles. The molecule has 3 heterocycles. The summed E-state index contributed by atoms with van der Waals surface area (Å²) in [5.41, 5.74) is 1.67. The zero-order chi connectivity index (χ0) is 15.7. The van der Waals surface area contributed by atoms with E-state index in [0.29, 0.717) is 30.6 Å². The van der Waals surface area contributed by atoms with Crippen LogP contribution in [0.15, 0.2) is 29.3 Å². The number of rotatable bonds is 3. The Labute approximate surface area is 133 Å². The highest BCUT2D eigenvalue weighted by Gasteiger charge is 2.23. The molecule has 0 saturated carbocycles. The molecule has 2 aromatic rings. The fraction of sp³-hybridized carbons (Fsp3) is 0.400. The number of aromatic amines is 1. The maximum atomic E-state index is 12.2. The Hall–Kier alpha value is -1.99. The first-order chi connectivity index (χ1) is 10.6. The number of nitrogens with one attached hydrogen (secondary N) is 2. The topological polar surface area (TPSA) is 66.0 Å². The Morgan fingerprint density at radius 1 is 1.45 bits per heavy atom. The highest BCUT2D eigenvalue weighted by Crippen LogP contribution is 2.21. The number of anilines is 1. The van der Waals surface area contributed by atoms with E-state index in [1.165, 1.54) is 0 Å². The Bertz CT molecular complexity index is 781. The van der Waals surface area contributed by atoms with Crippen LogP contribution in [0.1, 0.15) is 25.0 Å². The van der Waals surface area contributed by atoms with E-state index in [1.54, 1.807) is 6.20 Å². The third kappa shape index (κ3) is 2.82. The molecule has 1 aliphatic heterocycles. The van der Waals surface area contributed by atoms with Gasteiger partial charge in [-0.15, -0.1) is 0 Å². The standard InChI is InChI=1S/C15H19N5OS/c1-10(2)19-8-12-13(17-9-19)20(15(22)18-14(12)21)7-11-4-3-5-16-6-11/h3-6,10,17H,7-9H2,1-2H3,(H,18,21,22). The van der Waals surface area contributed by atoms with E-state index in [4.69, 9.17) is 12.2 Å². The second-order valence-electron chi connectivity index (χ2n) is 5.71. The van der Waals surface area contributed by atoms with Gasteiger partial charge in [-0.1, -0.05) is 6.07 Å². The van der Waals surface area contributed by atoms with Gasteiger partial charge in [0.05, 0.1) is 18.8 Å². The van der Waals surface area contributed by atoms with Crippen molar-refractivity contribution in [2.24, 2.45) is 0 Å². The molecular formula is C15H19N5OS. The number of nitrogens with zero attached hydrogens (tertiary/aromatic N) is 3. The Morgan fingerprint density at radius 3 is 2.95 bits per heavy atom. The molecule has 1 aliphatic rings. The third-order valence-electron chi connectivity index (χ3n) is 3.90. The fourth-order valence-electron chi connectivity index (χ4n) is 2.59. The summed E-state index contributed by atoms with van der Waals surface area (Å²) in [6, 6.07) is 4.26. The van der Waals surface area contributed by atoms with Gasteiger partial charge < -0.3 is 9.88 Å². The molecule has 0 bridgehead atoms. The molecule has 0 spiro atoms. The minimum absolute atomic E-state index is 0.111. The first-order valence-corrected chi connectivity index (χ1v) is 7.70. The molecule has 0 amide bonds. The average molecular weight is 317 g/mol. The molecule has 0 fully saturated rings. The lowest BCUT2D eigenvalue weighted by molar-refractivity contribution is 0.218. The van der Waals surface area contributed by atoms with E-state index in [1.807, 2.05) is 22.9 Å². The molecule has 7 heteroatoms. The molecule has 0 unspecified atom stereocenters. The number of hydrogen-bond acceptors (Lipinski definition) is 5. The van der Waals surface area contributed by atoms with Crippen LogP contribution in [-0.4, -0.2) is 32.1 Å². The van der Waals surface area contributed by atoms with Crippen molar-refractivity contribution in [2.45, 2.75) is 33.0 Å². The molecule has 116 valence electrons. The van der Waals surface area contributed by atoms with Gasteiger partial charge in [0.15, 0.2) is 4.77 Å². The van der Waals surface area contributed by atoms with Crippen molar-refractivity contribution in [2.75, 3.05) is 12.0 Å². The molecule has 22 heavy (non-hydrogen) atoms. The monoisotopic (exact) mass is 317 g/mol. The van der Waals surface area contributed by atoms with Crippen LogP contribution in [0.2, 0.25) is 0 Å². The van der Waals surface area contributed by atoms with Crippen LogP contribution in [0.3, 0.4) is 0 Å². The molecule has 0 aromatic carbocycles. The molecule has 2 N–H and O–H groups in total. The highest BCUT2D eigenvalue weighted by atomic mass is 32.1. The summed E-state index contributed by atoms with van der Waals surface area (Å²) in [7, 11) is 0. The summed E-state index contributed by atoms with van der Waals surface area (Å²) < 4.78 is 2.36. The van der Waals surface area contributed by atoms with E-state index >= 15 is 0 Å². The van der Waals surface area contributed by atoms with Gasteiger partial charge in [0.1, 0.15) is 5.82 Å². The zero-order valence-corrected chi connectivity index (χ0v) is 13.5. The lowest BCUT2D eigenvalue weighted by atomic mass is 10.2. The summed E-state index contributed by atoms with van der Waals surface area (Å²) in [6.45, 7) is 6.15. The Balaban J connectivity index is 2.04. The van der Waals surface area contributed by atoms with Crippen molar-refractivity contribution >= 4 is 18.0 Å². The molecule has 3 rings (SSSR count). The van der Waals surface area contributed by atoms with Crippen LogP contribution >= 0.6 is 12.2 Å². The predicted molar refractivity (Wildman–Crippen MR) is 88.4 cm³/mol. The minimum Gasteiger partial charge on any atom is -0.358 e. The van der Waals surface area contributed by atoms with Gasteiger partial charge in [-0.05, 0) is 37.7 Å². The molecule has 6 nitrogen and oxygen atoms in total. The van der Waals surface area contributed by atoms with Gasteiger partial charge in [0.25, 0.3) is 5.56 Å². The van der Waals surface area contributed by atoms with E-state index in [-0.39, 0.29) is 5.56 Å². The van der Waals surface area contributed by atoms with Gasteiger partial charge in [0.2, 0.25) is 0 Å². The largest absolute Gasteiger partial charge is 0.358 e. The number of H-pyrrole nitrogens is 1. The van der Waals surface area contributed by atoms with E-state index in [2.05, 4.69) is 34.0 Å². The second-order valence-corrected chi connectivity index (χ2v) is 6.10. The predicted octanol–water partition coefficient (Wildman–Crippen LogP) is 1.94. The Morgan fingerprint density at radius 2 is 2.27 bits per heavy atom. The molecule has 0 radical (unpaired) electrons. The van der Waals surface area contributed by atoms with Gasteiger partial charge >= 0.3 is 0 Å². The summed E-state index contributed by atoms with van der Waals surface area (Å²) in [5, 5.41) is 3.35. The smallest absolute Gasteiger partial charge is 0.258 e. The summed E-state index contributed by atoms with van der Waals surface area (Å²) in [4.78, 5) is 21.4. The summed E-state index contributed by atoms with van der Waals surface area (Å²) >= 11 is 5.34. The lowest BCUT2D eigenvalue weighted by Gasteiger charge is -2.33. The van der Waals surface area contributed by atoms with Gasteiger partial charge in [0, 0.05) is 25.0 Å². The van der Waals surface area contributed by atoms with Crippen molar-refractivity contribution < 1.29 is 0 Å². The summed E-state index contributed by atoms with van der Waals surface area (Å²) in [5.74, 6) is 0.814. The fourth-order valence-corrected chi connectivity index (χ4v) is 2.84. The van der Waals surface area contributed by atoms with Crippen LogP contribution in [0.4, 0.5) is 5.82 Å². The maximum Gasteiger partial charge on any atom is 0.258 e. The highest BCUT2D eigenvalue weighted by molar-refractivity contribution is 7.71. The van der Waals surface area contributed by atoms with Crippen LogP contribution in [-0.2, 0) is 13.1 Å². The second kappa shape index (κ2) is 6.02. The molecule has 0 atom stereocenters. The van der Waals surface area contributed by atoms with Gasteiger partial charge in [-0.25, -0.2) is 0 Å². The van der Waals surface area contributed by atoms with Crippen molar-refractivity contribution in [3.8, 4) is 0 Å². The Kier molecular flexibility index (Phi) is 4.08. The average Bonchev–Trinajstić information content (AvgIpc) is 2.52. The van der Waals surface area contributed by atoms with Gasteiger partial charge in [-0.2, -0.15) is 0 Å². The lowest BCUT2D eigenvalue weighted by Crippen LogP contribution is -2.42. The maximum absolute atomic E-state index is 12.2. The first-order valence-electron chi connectivity index (χ1n) is 7.29. The van der Waals surface area contributed by atoms with Crippen LogP contribution < -0.4 is 10.9 Å². The number of hydrogen-bond donors (Lipinski definition) is 2. The van der Waals surface area contributed by atoms with E-state index < -0.39 is 0 Å². The number of aromatic nitrogens is 3. The van der Waals surface area contributed by atoms with Crippen molar-refractivity contribution in [1.29, 1.82) is 0 Å². The molecule has 0 aliphatic carbocycles. The molecular weight excluding hydrogens is 298 g/mol. The quantitative estimate of drug-likeness (QED) is 0.847. The van der Waals surface area contributed by atoms with Crippen LogP contribution in [0, 0.1) is 4.77 Å². The first kappa shape index (κ1) is 14.9. The summed E-state index contributed by atoms with van der Waals surface area (Å²) in [6.07, 6.45) is 3.55. The van der Waals surface area contributed by atoms with Crippen molar-refractivity contribution in [3.05, 3.63) is 50.8 Å².